The largest absolute Gasteiger partial charge is 0.417 e. The van der Waals surface area contributed by atoms with Crippen LogP contribution in [0.3, 0.4) is 0 Å². The van der Waals surface area contributed by atoms with Gasteiger partial charge in [-0.2, -0.15) is 18.2 Å². The van der Waals surface area contributed by atoms with Crippen LogP contribution in [0.2, 0.25) is 0 Å². The molecule has 0 aliphatic heterocycles. The Morgan fingerprint density at radius 1 is 1.38 bits per heavy atom. The molecule has 0 saturated heterocycles. The standard InChI is InChI=1S/C13H12BrF3N2O2/c1-7(20)2-5-11-18-12(19-21-11)9-4-3-8(14)6-10(9)13(15,16)17/h3-4,6-7,20H,2,5H2,1H3. The molecule has 0 aliphatic rings. The lowest BCUT2D eigenvalue weighted by atomic mass is 10.1. The van der Waals surface area contributed by atoms with Gasteiger partial charge in [-0.05, 0) is 31.5 Å². The van der Waals surface area contributed by atoms with E-state index >= 15 is 0 Å². The lowest BCUT2D eigenvalue weighted by molar-refractivity contribution is -0.137. The van der Waals surface area contributed by atoms with E-state index in [9.17, 15) is 18.3 Å². The van der Waals surface area contributed by atoms with Crippen LogP contribution in [0.5, 0.6) is 0 Å². The van der Waals surface area contributed by atoms with Crippen molar-refractivity contribution in [3.05, 3.63) is 34.1 Å². The van der Waals surface area contributed by atoms with Gasteiger partial charge in [0, 0.05) is 16.5 Å². The predicted molar refractivity (Wildman–Crippen MR) is 72.4 cm³/mol. The molecule has 0 radical (unpaired) electrons. The number of rotatable bonds is 4. The summed E-state index contributed by atoms with van der Waals surface area (Å²) in [4.78, 5) is 3.95. The molecule has 0 bridgehead atoms. The summed E-state index contributed by atoms with van der Waals surface area (Å²) < 4.78 is 44.3. The first-order valence-electron chi connectivity index (χ1n) is 6.15. The monoisotopic (exact) mass is 364 g/mol. The molecule has 0 spiro atoms. The van der Waals surface area contributed by atoms with Crippen molar-refractivity contribution in [2.24, 2.45) is 0 Å². The number of aromatic nitrogens is 2. The number of alkyl halides is 3. The maximum Gasteiger partial charge on any atom is 0.417 e. The van der Waals surface area contributed by atoms with Gasteiger partial charge < -0.3 is 9.63 Å². The molecule has 1 N–H and O–H groups in total. The summed E-state index contributed by atoms with van der Waals surface area (Å²) in [5.41, 5.74) is -0.975. The van der Waals surface area contributed by atoms with Crippen LogP contribution in [0, 0.1) is 0 Å². The molecule has 1 atom stereocenters. The van der Waals surface area contributed by atoms with E-state index in [1.165, 1.54) is 12.1 Å². The highest BCUT2D eigenvalue weighted by molar-refractivity contribution is 9.10. The minimum Gasteiger partial charge on any atom is -0.393 e. The second-order valence-electron chi connectivity index (χ2n) is 4.59. The van der Waals surface area contributed by atoms with E-state index in [0.717, 1.165) is 6.07 Å². The third-order valence-electron chi connectivity index (χ3n) is 2.77. The Morgan fingerprint density at radius 2 is 2.10 bits per heavy atom. The highest BCUT2D eigenvalue weighted by atomic mass is 79.9. The average Bonchev–Trinajstić information content (AvgIpc) is 2.84. The van der Waals surface area contributed by atoms with Gasteiger partial charge in [-0.25, -0.2) is 0 Å². The highest BCUT2D eigenvalue weighted by Crippen LogP contribution is 2.37. The van der Waals surface area contributed by atoms with E-state index in [-0.39, 0.29) is 17.3 Å². The second-order valence-corrected chi connectivity index (χ2v) is 5.50. The Kier molecular flexibility index (Phi) is 4.67. The normalized spacial score (nSPS) is 13.4. The van der Waals surface area contributed by atoms with Crippen LogP contribution < -0.4 is 0 Å². The molecule has 0 fully saturated rings. The van der Waals surface area contributed by atoms with Gasteiger partial charge in [0.15, 0.2) is 0 Å². The third-order valence-corrected chi connectivity index (χ3v) is 3.27. The van der Waals surface area contributed by atoms with Crippen molar-refractivity contribution in [3.63, 3.8) is 0 Å². The van der Waals surface area contributed by atoms with Gasteiger partial charge in [0.25, 0.3) is 0 Å². The molecule has 8 heteroatoms. The van der Waals surface area contributed by atoms with Crippen molar-refractivity contribution in [3.8, 4) is 11.4 Å². The van der Waals surface area contributed by atoms with Crippen molar-refractivity contribution in [1.29, 1.82) is 0 Å². The molecule has 21 heavy (non-hydrogen) atoms. The topological polar surface area (TPSA) is 59.2 Å². The van der Waals surface area contributed by atoms with Crippen molar-refractivity contribution in [1.82, 2.24) is 10.1 Å². The number of halogens is 4. The maximum atomic E-state index is 13.0. The van der Waals surface area contributed by atoms with Gasteiger partial charge in [0.05, 0.1) is 11.7 Å². The average molecular weight is 365 g/mol. The highest BCUT2D eigenvalue weighted by Gasteiger charge is 2.35. The fourth-order valence-corrected chi connectivity index (χ4v) is 2.11. The SMILES string of the molecule is CC(O)CCc1nc(-c2ccc(Br)cc2C(F)(F)F)no1. The number of hydrogen-bond acceptors (Lipinski definition) is 4. The summed E-state index contributed by atoms with van der Waals surface area (Å²) in [5.74, 6) is 0.0809. The van der Waals surface area contributed by atoms with E-state index in [1.807, 2.05) is 0 Å². The predicted octanol–water partition coefficient (Wildman–Crippen LogP) is 3.83. The quantitative estimate of drug-likeness (QED) is 0.895. The molecule has 1 heterocycles. The Morgan fingerprint density at radius 3 is 2.71 bits per heavy atom. The van der Waals surface area contributed by atoms with Gasteiger partial charge in [-0.3, -0.25) is 0 Å². The number of aryl methyl sites for hydroxylation is 1. The van der Waals surface area contributed by atoms with E-state index in [1.54, 1.807) is 6.92 Å². The van der Waals surface area contributed by atoms with Crippen molar-refractivity contribution >= 4 is 15.9 Å². The smallest absolute Gasteiger partial charge is 0.393 e. The van der Waals surface area contributed by atoms with Gasteiger partial charge >= 0.3 is 6.18 Å². The Bertz CT molecular complexity index is 626. The number of nitrogens with zero attached hydrogens (tertiary/aromatic N) is 2. The summed E-state index contributed by atoms with van der Waals surface area (Å²) in [5, 5.41) is 12.8. The minimum absolute atomic E-state index is 0.115. The third kappa shape index (κ3) is 4.04. The zero-order valence-electron chi connectivity index (χ0n) is 11.0. The first-order chi connectivity index (χ1) is 9.77. The van der Waals surface area contributed by atoms with Crippen molar-refractivity contribution < 1.29 is 22.8 Å². The van der Waals surface area contributed by atoms with Gasteiger partial charge in [-0.1, -0.05) is 21.1 Å². The van der Waals surface area contributed by atoms with Crippen LogP contribution in [0.1, 0.15) is 24.8 Å². The Hall–Kier alpha value is -1.41. The molecule has 1 aromatic carbocycles. The summed E-state index contributed by atoms with van der Waals surface area (Å²) in [6.45, 7) is 1.60. The molecule has 0 aliphatic carbocycles. The second kappa shape index (κ2) is 6.15. The van der Waals surface area contributed by atoms with Crippen LogP contribution in [-0.4, -0.2) is 21.4 Å². The molecular formula is C13H12BrF3N2O2. The summed E-state index contributed by atoms with van der Waals surface area (Å²) in [7, 11) is 0. The fourth-order valence-electron chi connectivity index (χ4n) is 1.74. The number of benzene rings is 1. The maximum absolute atomic E-state index is 13.0. The molecule has 0 amide bonds. The molecule has 1 aromatic heterocycles. The van der Waals surface area contributed by atoms with E-state index in [2.05, 4.69) is 26.1 Å². The lowest BCUT2D eigenvalue weighted by Crippen LogP contribution is -2.07. The first kappa shape index (κ1) is 16.0. The van der Waals surface area contributed by atoms with Crippen molar-refractivity contribution in [2.75, 3.05) is 0 Å². The molecule has 2 rings (SSSR count). The zero-order chi connectivity index (χ0) is 15.6. The first-order valence-corrected chi connectivity index (χ1v) is 6.94. The minimum atomic E-state index is -4.51. The summed E-state index contributed by atoms with van der Waals surface area (Å²) in [6.07, 6.45) is -4.35. The summed E-state index contributed by atoms with van der Waals surface area (Å²) >= 11 is 3.02. The van der Waals surface area contributed by atoms with E-state index in [0.29, 0.717) is 17.3 Å². The lowest BCUT2D eigenvalue weighted by Gasteiger charge is -2.10. The fraction of sp³-hybridized carbons (Fsp3) is 0.385. The molecule has 0 saturated carbocycles. The number of aliphatic hydroxyl groups excluding tert-OH is 1. The molecule has 114 valence electrons. The van der Waals surface area contributed by atoms with E-state index < -0.39 is 17.8 Å². The molecular weight excluding hydrogens is 353 g/mol. The van der Waals surface area contributed by atoms with Crippen LogP contribution in [0.4, 0.5) is 13.2 Å². The van der Waals surface area contributed by atoms with Gasteiger partial charge in [0.2, 0.25) is 11.7 Å². The van der Waals surface area contributed by atoms with Crippen LogP contribution in [-0.2, 0) is 12.6 Å². The zero-order valence-corrected chi connectivity index (χ0v) is 12.6. The Balaban J connectivity index is 2.34. The van der Waals surface area contributed by atoms with E-state index in [4.69, 9.17) is 4.52 Å². The van der Waals surface area contributed by atoms with Crippen molar-refractivity contribution in [2.45, 2.75) is 32.0 Å². The Labute approximate surface area is 127 Å². The van der Waals surface area contributed by atoms with Crippen LogP contribution in [0.25, 0.3) is 11.4 Å². The number of hydrogen-bond donors (Lipinski definition) is 1. The summed E-state index contributed by atoms with van der Waals surface area (Å²) in [6, 6.07) is 3.74. The van der Waals surface area contributed by atoms with Gasteiger partial charge in [0.1, 0.15) is 0 Å². The van der Waals surface area contributed by atoms with Crippen LogP contribution in [0.15, 0.2) is 27.2 Å². The van der Waals surface area contributed by atoms with Crippen LogP contribution >= 0.6 is 15.9 Å². The van der Waals surface area contributed by atoms with Gasteiger partial charge in [-0.15, -0.1) is 0 Å². The molecule has 2 aromatic rings. The molecule has 4 nitrogen and oxygen atoms in total. The number of aliphatic hydroxyl groups is 1. The molecule has 1 unspecified atom stereocenters.